The van der Waals surface area contributed by atoms with Gasteiger partial charge in [0.2, 0.25) is 0 Å². The Labute approximate surface area is 130 Å². The molecule has 0 spiro atoms. The molecule has 0 aromatic carbocycles. The topological polar surface area (TPSA) is 72.5 Å². The first-order valence-electron chi connectivity index (χ1n) is 7.61. The van der Waals surface area contributed by atoms with Crippen molar-refractivity contribution in [1.82, 2.24) is 0 Å². The first-order chi connectivity index (χ1) is 10.2. The van der Waals surface area contributed by atoms with Gasteiger partial charge in [0.25, 0.3) is 0 Å². The molecule has 22 heavy (non-hydrogen) atoms. The number of ether oxygens (including phenoxy) is 6. The van der Waals surface area contributed by atoms with Crippen molar-refractivity contribution in [3.8, 4) is 0 Å². The molecular weight excluding hydrogens is 292 g/mol. The van der Waals surface area contributed by atoms with Crippen LogP contribution in [0.15, 0.2) is 0 Å². The molecule has 0 N–H and O–H groups in total. The molecule has 126 valence electrons. The minimum Gasteiger partial charge on any atom is -0.467 e. The van der Waals surface area contributed by atoms with Gasteiger partial charge >= 0.3 is 5.97 Å². The van der Waals surface area contributed by atoms with Crippen LogP contribution in [0.4, 0.5) is 0 Å². The van der Waals surface area contributed by atoms with Gasteiger partial charge in [-0.1, -0.05) is 0 Å². The standard InChI is InChI=1S/C15H24O7/c1-14(2)18-7-10(21-14)11-12-8(20-15(3,4)22-12)6-9(19-11)13(16)17-5/h8-12H,6-7H2,1-5H3/t8-,9+,10-,11-,12-/m1/s1. The molecule has 3 saturated heterocycles. The van der Waals surface area contributed by atoms with E-state index in [1.165, 1.54) is 7.11 Å². The van der Waals surface area contributed by atoms with E-state index in [0.29, 0.717) is 13.0 Å². The van der Waals surface area contributed by atoms with E-state index >= 15 is 0 Å². The number of carbonyl (C=O) groups excluding carboxylic acids is 1. The zero-order chi connectivity index (χ0) is 16.1. The number of methoxy groups -OCH3 is 1. The fourth-order valence-electron chi connectivity index (χ4n) is 3.32. The van der Waals surface area contributed by atoms with Crippen LogP contribution in [0.1, 0.15) is 34.1 Å². The van der Waals surface area contributed by atoms with Crippen molar-refractivity contribution < 1.29 is 33.2 Å². The maximum absolute atomic E-state index is 11.9. The van der Waals surface area contributed by atoms with Crippen molar-refractivity contribution in [1.29, 1.82) is 0 Å². The van der Waals surface area contributed by atoms with Crippen LogP contribution in [-0.4, -0.2) is 61.8 Å². The van der Waals surface area contributed by atoms with Crippen LogP contribution in [0.5, 0.6) is 0 Å². The fraction of sp³-hybridized carbons (Fsp3) is 0.933. The van der Waals surface area contributed by atoms with Gasteiger partial charge in [0.1, 0.15) is 18.3 Å². The van der Waals surface area contributed by atoms with E-state index in [1.807, 2.05) is 27.7 Å². The second-order valence-electron chi connectivity index (χ2n) is 6.85. The van der Waals surface area contributed by atoms with E-state index in [4.69, 9.17) is 28.4 Å². The van der Waals surface area contributed by atoms with E-state index in [2.05, 4.69) is 0 Å². The van der Waals surface area contributed by atoms with E-state index in [0.717, 1.165) is 0 Å². The molecule has 0 amide bonds. The summed E-state index contributed by atoms with van der Waals surface area (Å²) in [7, 11) is 1.35. The van der Waals surface area contributed by atoms with Gasteiger partial charge in [-0.3, -0.25) is 0 Å². The van der Waals surface area contributed by atoms with Crippen LogP contribution in [0, 0.1) is 0 Å². The SMILES string of the molecule is COC(=O)[C@@H]1C[C@H]2OC(C)(C)O[C@H]2[C@@H]([C@H]2COC(C)(C)O2)O1. The molecule has 0 aromatic rings. The van der Waals surface area contributed by atoms with E-state index in [9.17, 15) is 4.79 Å². The highest BCUT2D eigenvalue weighted by molar-refractivity contribution is 5.74. The van der Waals surface area contributed by atoms with Crippen molar-refractivity contribution in [2.24, 2.45) is 0 Å². The van der Waals surface area contributed by atoms with E-state index < -0.39 is 29.8 Å². The number of fused-ring (bicyclic) bond motifs is 1. The minimum absolute atomic E-state index is 0.231. The van der Waals surface area contributed by atoms with Crippen LogP contribution in [-0.2, 0) is 33.2 Å². The Kier molecular flexibility index (Phi) is 3.98. The summed E-state index contributed by atoms with van der Waals surface area (Å²) >= 11 is 0. The fourth-order valence-corrected chi connectivity index (χ4v) is 3.32. The van der Waals surface area contributed by atoms with Gasteiger partial charge in [0.05, 0.1) is 19.8 Å². The molecule has 7 nitrogen and oxygen atoms in total. The Morgan fingerprint density at radius 1 is 1.00 bits per heavy atom. The lowest BCUT2D eigenvalue weighted by Crippen LogP contribution is -2.54. The molecule has 7 heteroatoms. The van der Waals surface area contributed by atoms with Crippen LogP contribution in [0.3, 0.4) is 0 Å². The van der Waals surface area contributed by atoms with Gasteiger partial charge in [-0.25, -0.2) is 4.79 Å². The average Bonchev–Trinajstić information content (AvgIpc) is 2.94. The van der Waals surface area contributed by atoms with Gasteiger partial charge in [0, 0.05) is 6.42 Å². The van der Waals surface area contributed by atoms with Crippen LogP contribution in [0.25, 0.3) is 0 Å². The van der Waals surface area contributed by atoms with Gasteiger partial charge in [0.15, 0.2) is 17.7 Å². The number of rotatable bonds is 2. The normalized spacial score (nSPS) is 42.9. The van der Waals surface area contributed by atoms with E-state index in [1.54, 1.807) is 0 Å². The van der Waals surface area contributed by atoms with Gasteiger partial charge in [-0.05, 0) is 27.7 Å². The summed E-state index contributed by atoms with van der Waals surface area (Å²) in [6.07, 6.45) is -1.54. The van der Waals surface area contributed by atoms with Crippen molar-refractivity contribution in [3.63, 3.8) is 0 Å². The Morgan fingerprint density at radius 2 is 1.68 bits per heavy atom. The summed E-state index contributed by atoms with van der Waals surface area (Å²) in [5, 5.41) is 0. The van der Waals surface area contributed by atoms with Gasteiger partial charge in [-0.15, -0.1) is 0 Å². The Morgan fingerprint density at radius 3 is 2.27 bits per heavy atom. The van der Waals surface area contributed by atoms with Crippen molar-refractivity contribution in [2.75, 3.05) is 13.7 Å². The number of esters is 1. The molecule has 3 aliphatic rings. The summed E-state index contributed by atoms with van der Waals surface area (Å²) in [6, 6.07) is 0. The second kappa shape index (κ2) is 5.42. The zero-order valence-corrected chi connectivity index (χ0v) is 13.7. The molecule has 0 unspecified atom stereocenters. The lowest BCUT2D eigenvalue weighted by atomic mass is 9.94. The van der Waals surface area contributed by atoms with Crippen molar-refractivity contribution >= 4 is 5.97 Å². The maximum atomic E-state index is 11.9. The first kappa shape index (κ1) is 16.1. The summed E-state index contributed by atoms with van der Waals surface area (Å²) < 4.78 is 34.1. The van der Waals surface area contributed by atoms with Gasteiger partial charge < -0.3 is 28.4 Å². The first-order valence-corrected chi connectivity index (χ1v) is 7.61. The zero-order valence-electron chi connectivity index (χ0n) is 13.7. The molecule has 0 saturated carbocycles. The molecule has 0 radical (unpaired) electrons. The van der Waals surface area contributed by atoms with Crippen LogP contribution >= 0.6 is 0 Å². The molecule has 3 aliphatic heterocycles. The molecule has 3 heterocycles. The van der Waals surface area contributed by atoms with Crippen LogP contribution in [0.2, 0.25) is 0 Å². The highest BCUT2D eigenvalue weighted by Gasteiger charge is 2.55. The lowest BCUT2D eigenvalue weighted by molar-refractivity contribution is -0.210. The highest BCUT2D eigenvalue weighted by Crippen LogP contribution is 2.40. The Hall–Kier alpha value is -0.730. The second-order valence-corrected chi connectivity index (χ2v) is 6.85. The highest BCUT2D eigenvalue weighted by atomic mass is 16.8. The van der Waals surface area contributed by atoms with Crippen molar-refractivity contribution in [3.05, 3.63) is 0 Å². The third-order valence-corrected chi connectivity index (χ3v) is 4.17. The monoisotopic (exact) mass is 316 g/mol. The Bertz CT molecular complexity index is 447. The quantitative estimate of drug-likeness (QED) is 0.703. The smallest absolute Gasteiger partial charge is 0.335 e. The molecule has 5 atom stereocenters. The molecule has 3 fully saturated rings. The molecule has 0 bridgehead atoms. The third-order valence-electron chi connectivity index (χ3n) is 4.17. The predicted molar refractivity (Wildman–Crippen MR) is 74.0 cm³/mol. The Balaban J connectivity index is 1.80. The summed E-state index contributed by atoms with van der Waals surface area (Å²) in [6.45, 7) is 7.79. The number of hydrogen-bond acceptors (Lipinski definition) is 7. The van der Waals surface area contributed by atoms with Crippen LogP contribution < -0.4 is 0 Å². The number of hydrogen-bond donors (Lipinski definition) is 0. The molecule has 0 aromatic heterocycles. The average molecular weight is 316 g/mol. The van der Waals surface area contributed by atoms with E-state index in [-0.39, 0.29) is 18.3 Å². The molecule has 0 aliphatic carbocycles. The lowest BCUT2D eigenvalue weighted by Gasteiger charge is -2.37. The summed E-state index contributed by atoms with van der Waals surface area (Å²) in [5.74, 6) is -1.79. The number of carbonyl (C=O) groups is 1. The molecule has 3 rings (SSSR count). The predicted octanol–water partition coefficient (Wildman–Crippen LogP) is 0.988. The largest absolute Gasteiger partial charge is 0.467 e. The summed E-state index contributed by atoms with van der Waals surface area (Å²) in [4.78, 5) is 11.9. The van der Waals surface area contributed by atoms with Gasteiger partial charge in [-0.2, -0.15) is 0 Å². The summed E-state index contributed by atoms with van der Waals surface area (Å²) in [5.41, 5.74) is 0. The third kappa shape index (κ3) is 3.00. The maximum Gasteiger partial charge on any atom is 0.335 e. The van der Waals surface area contributed by atoms with Crippen molar-refractivity contribution in [2.45, 2.75) is 76.2 Å². The minimum atomic E-state index is -0.711. The molecular formula is C15H24O7.